The monoisotopic (exact) mass is 534 g/mol. The molecule has 2 aromatic heterocycles. The molecule has 4 heteroatoms. The zero-order valence-corrected chi connectivity index (χ0v) is 22.5. The van der Waals surface area contributed by atoms with Crippen LogP contribution in [0.4, 0.5) is 0 Å². The van der Waals surface area contributed by atoms with Crippen molar-refractivity contribution in [2.75, 3.05) is 0 Å². The zero-order valence-electron chi connectivity index (χ0n) is 22.5. The summed E-state index contributed by atoms with van der Waals surface area (Å²) in [6.07, 6.45) is 3.88. The van der Waals surface area contributed by atoms with Crippen LogP contribution in [0.1, 0.15) is 0 Å². The summed E-state index contributed by atoms with van der Waals surface area (Å²) in [5, 5.41) is 11.6. The minimum absolute atomic E-state index is 0.679. The van der Waals surface area contributed by atoms with Crippen molar-refractivity contribution in [3.63, 3.8) is 0 Å². The molecule has 4 nitrogen and oxygen atoms in total. The van der Waals surface area contributed by atoms with Gasteiger partial charge in [-0.2, -0.15) is 0 Å². The Morgan fingerprint density at radius 3 is 1.24 bits per heavy atom. The Kier molecular flexibility index (Phi) is 4.87. The maximum Gasteiger partial charge on any atom is 0.159 e. The van der Waals surface area contributed by atoms with Gasteiger partial charge in [-0.25, -0.2) is 19.9 Å². The minimum Gasteiger partial charge on any atom is -0.236 e. The first kappa shape index (κ1) is 23.0. The number of aromatic nitrogens is 4. The molecule has 0 amide bonds. The van der Waals surface area contributed by atoms with Crippen LogP contribution in [0.2, 0.25) is 0 Å². The Morgan fingerprint density at radius 2 is 0.714 bits per heavy atom. The normalized spacial score (nSPS) is 11.8. The maximum absolute atomic E-state index is 5.21. The third kappa shape index (κ3) is 3.36. The van der Waals surface area contributed by atoms with Gasteiger partial charge in [0.2, 0.25) is 0 Å². The second-order valence-electron chi connectivity index (χ2n) is 10.7. The number of hydrogen-bond acceptors (Lipinski definition) is 4. The fraction of sp³-hybridized carbons (Fsp3) is 0. The first-order valence-corrected chi connectivity index (χ1v) is 14.1. The first-order valence-electron chi connectivity index (χ1n) is 14.1. The number of fused-ring (bicyclic) bond motifs is 12. The number of rotatable bonds is 2. The lowest BCUT2D eigenvalue weighted by atomic mass is 9.93. The Labute approximate surface area is 241 Å². The molecular formula is C38H22N4. The highest BCUT2D eigenvalue weighted by atomic mass is 14.9. The molecule has 0 aliphatic heterocycles. The summed E-state index contributed by atoms with van der Waals surface area (Å²) in [6.45, 7) is 0. The standard InChI is InChI=1S/C38H22N4/c1-2-10-23(11-3-1)37-39-21-33-29-16-8-9-17-30(29)34-22-40-38(42-36(34)35(33)41-37)24-18-19-31-27-14-5-4-12-25(27)26-13-6-7-15-28(26)32(31)20-24/h1-22H. The molecule has 0 bridgehead atoms. The molecule has 0 spiro atoms. The van der Waals surface area contributed by atoms with Crippen molar-refractivity contribution in [2.24, 2.45) is 0 Å². The summed E-state index contributed by atoms with van der Waals surface area (Å²) in [5.41, 5.74) is 3.61. The second-order valence-corrected chi connectivity index (χ2v) is 10.7. The molecule has 194 valence electrons. The Balaban J connectivity index is 1.34. The highest BCUT2D eigenvalue weighted by Gasteiger charge is 2.16. The molecule has 0 fully saturated rings. The number of benzene rings is 7. The van der Waals surface area contributed by atoms with Crippen molar-refractivity contribution in [2.45, 2.75) is 0 Å². The molecule has 0 N–H and O–H groups in total. The topological polar surface area (TPSA) is 51.6 Å². The van der Waals surface area contributed by atoms with Gasteiger partial charge in [-0.05, 0) is 49.2 Å². The number of nitrogens with zero attached hydrogens (tertiary/aromatic N) is 4. The smallest absolute Gasteiger partial charge is 0.159 e. The second kappa shape index (κ2) is 8.88. The van der Waals surface area contributed by atoms with Crippen molar-refractivity contribution in [3.05, 3.63) is 134 Å². The van der Waals surface area contributed by atoms with E-state index in [-0.39, 0.29) is 0 Å². The van der Waals surface area contributed by atoms with Gasteiger partial charge in [0, 0.05) is 34.3 Å². The zero-order chi connectivity index (χ0) is 27.6. The molecule has 0 saturated carbocycles. The molecule has 42 heavy (non-hydrogen) atoms. The van der Waals surface area contributed by atoms with Crippen LogP contribution < -0.4 is 0 Å². The highest BCUT2D eigenvalue weighted by molar-refractivity contribution is 6.26. The van der Waals surface area contributed by atoms with Crippen LogP contribution in [0.25, 0.3) is 87.7 Å². The van der Waals surface area contributed by atoms with E-state index in [1.807, 2.05) is 42.7 Å². The predicted molar refractivity (Wildman–Crippen MR) is 174 cm³/mol. The van der Waals surface area contributed by atoms with E-state index in [4.69, 9.17) is 19.9 Å². The minimum atomic E-state index is 0.679. The summed E-state index contributed by atoms with van der Waals surface area (Å²) in [7, 11) is 0. The number of hydrogen-bond donors (Lipinski definition) is 0. The van der Waals surface area contributed by atoms with Gasteiger partial charge in [0.25, 0.3) is 0 Å². The van der Waals surface area contributed by atoms with E-state index >= 15 is 0 Å². The van der Waals surface area contributed by atoms with Gasteiger partial charge in [-0.1, -0.05) is 115 Å². The summed E-state index contributed by atoms with van der Waals surface area (Å²) < 4.78 is 0. The summed E-state index contributed by atoms with van der Waals surface area (Å²) in [5.74, 6) is 1.36. The molecule has 9 aromatic rings. The summed E-state index contributed by atoms with van der Waals surface area (Å²) in [6, 6.07) is 42.3. The van der Waals surface area contributed by atoms with Crippen molar-refractivity contribution >= 4 is 64.9 Å². The molecule has 0 aliphatic carbocycles. The lowest BCUT2D eigenvalue weighted by molar-refractivity contribution is 1.21. The van der Waals surface area contributed by atoms with Crippen LogP contribution in [0.3, 0.4) is 0 Å². The SMILES string of the molecule is c1ccc(-c2ncc3c4ccccc4c4cnc(-c5ccc6c7ccccc7c7ccccc7c6c5)nc4c3n2)cc1. The molecule has 0 saturated heterocycles. The van der Waals surface area contributed by atoms with Crippen molar-refractivity contribution in [3.8, 4) is 22.8 Å². The molecule has 0 atom stereocenters. The Hall–Kier alpha value is -5.74. The molecular weight excluding hydrogens is 512 g/mol. The summed E-state index contributed by atoms with van der Waals surface area (Å²) >= 11 is 0. The van der Waals surface area contributed by atoms with E-state index in [1.165, 1.54) is 32.3 Å². The van der Waals surface area contributed by atoms with E-state index in [2.05, 4.69) is 91.0 Å². The van der Waals surface area contributed by atoms with Crippen molar-refractivity contribution in [1.82, 2.24) is 19.9 Å². The fourth-order valence-electron chi connectivity index (χ4n) is 6.38. The maximum atomic E-state index is 5.21. The average molecular weight is 535 g/mol. The van der Waals surface area contributed by atoms with Gasteiger partial charge in [-0.3, -0.25) is 0 Å². The van der Waals surface area contributed by atoms with Crippen LogP contribution >= 0.6 is 0 Å². The largest absolute Gasteiger partial charge is 0.236 e. The average Bonchev–Trinajstić information content (AvgIpc) is 3.08. The fourth-order valence-corrected chi connectivity index (χ4v) is 6.38. The van der Waals surface area contributed by atoms with Gasteiger partial charge >= 0.3 is 0 Å². The van der Waals surface area contributed by atoms with Crippen LogP contribution in [0, 0.1) is 0 Å². The molecule has 0 unspecified atom stereocenters. The lowest BCUT2D eigenvalue weighted by Crippen LogP contribution is -1.96. The first-order chi connectivity index (χ1) is 20.8. The highest BCUT2D eigenvalue weighted by Crippen LogP contribution is 2.38. The molecule has 7 aromatic carbocycles. The lowest BCUT2D eigenvalue weighted by Gasteiger charge is -2.13. The Bertz CT molecular complexity index is 2480. The third-order valence-electron chi connectivity index (χ3n) is 8.34. The third-order valence-corrected chi connectivity index (χ3v) is 8.34. The van der Waals surface area contributed by atoms with Gasteiger partial charge in [0.15, 0.2) is 11.6 Å². The van der Waals surface area contributed by atoms with Crippen molar-refractivity contribution < 1.29 is 0 Å². The summed E-state index contributed by atoms with van der Waals surface area (Å²) in [4.78, 5) is 19.9. The predicted octanol–water partition coefficient (Wildman–Crippen LogP) is 9.52. The van der Waals surface area contributed by atoms with Crippen LogP contribution in [-0.2, 0) is 0 Å². The van der Waals surface area contributed by atoms with E-state index in [0.29, 0.717) is 11.6 Å². The van der Waals surface area contributed by atoms with Crippen molar-refractivity contribution in [1.29, 1.82) is 0 Å². The molecule has 2 heterocycles. The Morgan fingerprint density at radius 1 is 0.310 bits per heavy atom. The van der Waals surface area contributed by atoms with Gasteiger partial charge in [0.05, 0.1) is 0 Å². The van der Waals surface area contributed by atoms with E-state index in [1.54, 1.807) is 0 Å². The quantitative estimate of drug-likeness (QED) is 0.207. The molecule has 9 rings (SSSR count). The van der Waals surface area contributed by atoms with Crippen LogP contribution in [-0.4, -0.2) is 19.9 Å². The molecule has 0 aliphatic rings. The van der Waals surface area contributed by atoms with E-state index in [9.17, 15) is 0 Å². The van der Waals surface area contributed by atoms with Crippen LogP contribution in [0.5, 0.6) is 0 Å². The van der Waals surface area contributed by atoms with Gasteiger partial charge in [-0.15, -0.1) is 0 Å². The van der Waals surface area contributed by atoms with Gasteiger partial charge < -0.3 is 0 Å². The van der Waals surface area contributed by atoms with E-state index in [0.717, 1.165) is 43.7 Å². The molecule has 0 radical (unpaired) electrons. The van der Waals surface area contributed by atoms with E-state index < -0.39 is 0 Å². The van der Waals surface area contributed by atoms with Crippen LogP contribution in [0.15, 0.2) is 134 Å². The van der Waals surface area contributed by atoms with Gasteiger partial charge in [0.1, 0.15) is 11.0 Å².